The van der Waals surface area contributed by atoms with Crippen LogP contribution in [0.1, 0.15) is 0 Å². The minimum Gasteiger partial charge on any atom is -0.345 e. The van der Waals surface area contributed by atoms with Gasteiger partial charge in [-0.25, -0.2) is 13.4 Å². The van der Waals surface area contributed by atoms with Crippen molar-refractivity contribution < 1.29 is 8.42 Å². The van der Waals surface area contributed by atoms with Crippen molar-refractivity contribution in [3.05, 3.63) is 34.7 Å². The van der Waals surface area contributed by atoms with Crippen LogP contribution >= 0.6 is 46.0 Å². The van der Waals surface area contributed by atoms with Gasteiger partial charge in [0.2, 0.25) is 0 Å². The van der Waals surface area contributed by atoms with E-state index in [0.29, 0.717) is 34.7 Å². The van der Waals surface area contributed by atoms with Crippen molar-refractivity contribution in [1.29, 1.82) is 0 Å². The Hall–Kier alpha value is -0.840. The summed E-state index contributed by atoms with van der Waals surface area (Å²) in [6.45, 7) is 2.16. The van der Waals surface area contributed by atoms with Crippen molar-refractivity contribution >= 4 is 71.4 Å². The lowest BCUT2D eigenvalue weighted by Crippen LogP contribution is -2.48. The second kappa shape index (κ2) is 7.29. The van der Waals surface area contributed by atoms with E-state index in [9.17, 15) is 8.42 Å². The lowest BCUT2D eigenvalue weighted by Gasteiger charge is -2.33. The summed E-state index contributed by atoms with van der Waals surface area (Å²) in [4.78, 5) is 8.13. The van der Waals surface area contributed by atoms with Gasteiger partial charge in [0.25, 0.3) is 10.0 Å². The van der Waals surface area contributed by atoms with E-state index in [1.54, 1.807) is 35.2 Å². The zero-order valence-corrected chi connectivity index (χ0v) is 17.9. The average Bonchev–Trinajstić information content (AvgIpc) is 3.28. The fourth-order valence-electron chi connectivity index (χ4n) is 2.89. The van der Waals surface area contributed by atoms with Crippen LogP contribution in [0.3, 0.4) is 0 Å². The van der Waals surface area contributed by atoms with E-state index < -0.39 is 10.0 Å². The van der Waals surface area contributed by atoms with Crippen LogP contribution in [-0.4, -0.2) is 50.1 Å². The summed E-state index contributed by atoms with van der Waals surface area (Å²) in [5, 5.41) is 0.956. The highest BCUT2D eigenvalue weighted by Gasteiger charge is 2.30. The van der Waals surface area contributed by atoms with Gasteiger partial charge in [-0.1, -0.05) is 29.0 Å². The van der Waals surface area contributed by atoms with Crippen molar-refractivity contribution in [1.82, 2.24) is 9.29 Å². The summed E-state index contributed by atoms with van der Waals surface area (Å²) in [7, 11) is -3.46. The molecule has 1 aromatic carbocycles. The molecule has 10 heteroatoms. The first-order valence-corrected chi connectivity index (χ1v) is 12.6. The first-order chi connectivity index (χ1) is 12.5. The molecule has 1 aliphatic heterocycles. The van der Waals surface area contributed by atoms with Crippen LogP contribution in [0.15, 0.2) is 39.4 Å². The van der Waals surface area contributed by atoms with E-state index in [2.05, 4.69) is 17.0 Å². The van der Waals surface area contributed by atoms with Crippen molar-refractivity contribution in [2.24, 2.45) is 0 Å². The van der Waals surface area contributed by atoms with Gasteiger partial charge in [-0.15, -0.1) is 23.1 Å². The predicted molar refractivity (Wildman–Crippen MR) is 112 cm³/mol. The molecule has 5 nitrogen and oxygen atoms in total. The van der Waals surface area contributed by atoms with Gasteiger partial charge in [0.1, 0.15) is 4.21 Å². The fraction of sp³-hybridized carbons (Fsp3) is 0.312. The summed E-state index contributed by atoms with van der Waals surface area (Å²) >= 11 is 10.3. The Bertz CT molecular complexity index is 1040. The van der Waals surface area contributed by atoms with Gasteiger partial charge in [0, 0.05) is 31.1 Å². The first-order valence-electron chi connectivity index (χ1n) is 7.93. The van der Waals surface area contributed by atoms with Crippen LogP contribution in [0.2, 0.25) is 4.34 Å². The van der Waals surface area contributed by atoms with Crippen LogP contribution < -0.4 is 4.90 Å². The van der Waals surface area contributed by atoms with E-state index in [-0.39, 0.29) is 0 Å². The fourth-order valence-corrected chi connectivity index (χ4v) is 7.63. The molecule has 0 bridgehead atoms. The molecule has 26 heavy (non-hydrogen) atoms. The number of halogens is 1. The van der Waals surface area contributed by atoms with Crippen LogP contribution in [0.5, 0.6) is 0 Å². The monoisotopic (exact) mass is 445 g/mol. The third-order valence-corrected chi connectivity index (χ3v) is 9.69. The smallest absolute Gasteiger partial charge is 0.252 e. The number of anilines is 1. The molecule has 0 unspecified atom stereocenters. The van der Waals surface area contributed by atoms with Gasteiger partial charge in [-0.05, 0) is 30.5 Å². The lowest BCUT2D eigenvalue weighted by molar-refractivity contribution is 0.386. The lowest BCUT2D eigenvalue weighted by atomic mass is 10.3. The van der Waals surface area contributed by atoms with Crippen molar-refractivity contribution in [2.75, 3.05) is 37.3 Å². The van der Waals surface area contributed by atoms with Gasteiger partial charge in [0.15, 0.2) is 5.13 Å². The number of benzene rings is 1. The standard InChI is InChI=1S/C16H16ClN3O2S4/c1-23-11-3-2-4-12-15(11)18-16(24-12)19-7-9-20(10-8-19)26(21,22)14-6-5-13(17)25-14/h2-6H,7-10H2,1H3. The van der Waals surface area contributed by atoms with Gasteiger partial charge in [-0.3, -0.25) is 0 Å². The van der Waals surface area contributed by atoms with Crippen LogP contribution in [0.4, 0.5) is 5.13 Å². The SMILES string of the molecule is CSc1cccc2sc(N3CCN(S(=O)(=O)c4ccc(Cl)s4)CC3)nc12. The van der Waals surface area contributed by atoms with E-state index in [0.717, 1.165) is 26.7 Å². The van der Waals surface area contributed by atoms with Gasteiger partial charge in [0.05, 0.1) is 14.6 Å². The number of hydrogen-bond donors (Lipinski definition) is 0. The number of hydrogen-bond acceptors (Lipinski definition) is 7. The number of rotatable bonds is 4. The molecule has 1 fully saturated rings. The van der Waals surface area contributed by atoms with Gasteiger partial charge >= 0.3 is 0 Å². The highest BCUT2D eigenvalue weighted by molar-refractivity contribution is 7.98. The van der Waals surface area contributed by atoms with E-state index in [1.165, 1.54) is 9.20 Å². The molecule has 138 valence electrons. The van der Waals surface area contributed by atoms with Crippen molar-refractivity contribution in [3.8, 4) is 0 Å². The maximum absolute atomic E-state index is 12.7. The Morgan fingerprint density at radius 3 is 2.54 bits per heavy atom. The number of aromatic nitrogens is 1. The Kier molecular flexibility index (Phi) is 5.19. The normalized spacial score (nSPS) is 16.5. The second-order valence-corrected chi connectivity index (χ2v) is 11.5. The highest BCUT2D eigenvalue weighted by Crippen LogP contribution is 2.35. The second-order valence-electron chi connectivity index (χ2n) is 5.75. The highest BCUT2D eigenvalue weighted by atomic mass is 35.5. The molecular formula is C16H16ClN3O2S4. The summed E-state index contributed by atoms with van der Waals surface area (Å²) in [5.74, 6) is 0. The Morgan fingerprint density at radius 1 is 1.12 bits per heavy atom. The number of thioether (sulfide) groups is 1. The number of thiazole rings is 1. The minimum atomic E-state index is -3.46. The maximum Gasteiger partial charge on any atom is 0.252 e. The van der Waals surface area contributed by atoms with Crippen molar-refractivity contribution in [2.45, 2.75) is 9.10 Å². The molecule has 0 spiro atoms. The molecular weight excluding hydrogens is 430 g/mol. The molecule has 3 aromatic rings. The number of nitrogens with zero attached hydrogens (tertiary/aromatic N) is 3. The van der Waals surface area contributed by atoms with E-state index in [1.807, 2.05) is 12.3 Å². The Morgan fingerprint density at radius 2 is 1.88 bits per heavy atom. The summed E-state index contributed by atoms with van der Waals surface area (Å²) in [6, 6.07) is 9.41. The zero-order valence-electron chi connectivity index (χ0n) is 13.9. The summed E-state index contributed by atoms with van der Waals surface area (Å²) < 4.78 is 28.9. The number of para-hydroxylation sites is 1. The number of thiophene rings is 1. The van der Waals surface area contributed by atoms with Crippen LogP contribution in [0.25, 0.3) is 10.2 Å². The van der Waals surface area contributed by atoms with Gasteiger partial charge < -0.3 is 4.90 Å². The molecule has 0 saturated carbocycles. The molecule has 4 rings (SSSR count). The maximum atomic E-state index is 12.7. The number of fused-ring (bicyclic) bond motifs is 1. The predicted octanol–water partition coefficient (Wildman–Crippen LogP) is 4.24. The summed E-state index contributed by atoms with van der Waals surface area (Å²) in [5.41, 5.74) is 1.03. The molecule has 0 amide bonds. The molecule has 1 aliphatic rings. The molecule has 0 aliphatic carbocycles. The first kappa shape index (κ1) is 18.5. The van der Waals surface area contributed by atoms with Gasteiger partial charge in [-0.2, -0.15) is 4.31 Å². The number of piperazine rings is 1. The molecule has 0 radical (unpaired) electrons. The zero-order chi connectivity index (χ0) is 18.3. The topological polar surface area (TPSA) is 53.5 Å². The molecule has 0 atom stereocenters. The quantitative estimate of drug-likeness (QED) is 0.562. The van der Waals surface area contributed by atoms with E-state index >= 15 is 0 Å². The third kappa shape index (κ3) is 3.36. The molecule has 1 saturated heterocycles. The molecule has 2 aromatic heterocycles. The molecule has 3 heterocycles. The van der Waals surface area contributed by atoms with Crippen LogP contribution in [0, 0.1) is 0 Å². The average molecular weight is 446 g/mol. The minimum absolute atomic E-state index is 0.306. The third-order valence-electron chi connectivity index (χ3n) is 4.24. The Balaban J connectivity index is 1.52. The largest absolute Gasteiger partial charge is 0.345 e. The number of sulfonamides is 1. The summed E-state index contributed by atoms with van der Waals surface area (Å²) in [6.07, 6.45) is 2.05. The Labute approximate surface area is 169 Å². The van der Waals surface area contributed by atoms with E-state index in [4.69, 9.17) is 16.6 Å². The van der Waals surface area contributed by atoms with Crippen LogP contribution in [-0.2, 0) is 10.0 Å². The molecule has 0 N–H and O–H groups in total. The van der Waals surface area contributed by atoms with Crippen molar-refractivity contribution in [3.63, 3.8) is 0 Å².